The van der Waals surface area contributed by atoms with Gasteiger partial charge in [0.2, 0.25) is 0 Å². The summed E-state index contributed by atoms with van der Waals surface area (Å²) in [6.45, 7) is 2.17. The van der Waals surface area contributed by atoms with Gasteiger partial charge in [0, 0.05) is 6.07 Å². The van der Waals surface area contributed by atoms with Gasteiger partial charge in [0.1, 0.15) is 5.56 Å². The van der Waals surface area contributed by atoms with Crippen molar-refractivity contribution >= 4 is 11.7 Å². The van der Waals surface area contributed by atoms with Crippen LogP contribution in [0.15, 0.2) is 12.1 Å². The molecule has 0 aliphatic carbocycles. The number of carbonyl (C=O) groups is 1. The second-order valence-electron chi connectivity index (χ2n) is 3.97. The maximum atomic E-state index is 11.9. The van der Waals surface area contributed by atoms with Crippen LogP contribution in [0.5, 0.6) is 11.5 Å². The molecule has 7 heteroatoms. The first kappa shape index (κ1) is 15.7. The largest absolute Gasteiger partial charge is 0.493 e. The van der Waals surface area contributed by atoms with Crippen molar-refractivity contribution in [3.63, 3.8) is 0 Å². The van der Waals surface area contributed by atoms with Crippen molar-refractivity contribution in [2.75, 3.05) is 20.8 Å². The molecule has 0 N–H and O–H groups in total. The molecule has 0 bridgehead atoms. The molecule has 0 amide bonds. The van der Waals surface area contributed by atoms with Crippen LogP contribution in [0.25, 0.3) is 0 Å². The van der Waals surface area contributed by atoms with E-state index in [1.54, 1.807) is 0 Å². The first-order valence-corrected chi connectivity index (χ1v) is 6.12. The van der Waals surface area contributed by atoms with Gasteiger partial charge in [-0.3, -0.25) is 10.1 Å². The Balaban J connectivity index is 3.15. The highest BCUT2D eigenvalue weighted by molar-refractivity contribution is 5.95. The third kappa shape index (κ3) is 3.59. The summed E-state index contributed by atoms with van der Waals surface area (Å²) in [5, 5.41) is 11.0. The van der Waals surface area contributed by atoms with Gasteiger partial charge in [-0.2, -0.15) is 0 Å². The molecule has 0 heterocycles. The molecule has 1 aromatic rings. The van der Waals surface area contributed by atoms with Gasteiger partial charge in [0.15, 0.2) is 11.5 Å². The quantitative estimate of drug-likeness (QED) is 0.331. The molecule has 1 rings (SSSR count). The second-order valence-corrected chi connectivity index (χ2v) is 3.97. The average Bonchev–Trinajstić information content (AvgIpc) is 2.45. The molecule has 0 atom stereocenters. The number of carbonyl (C=O) groups excluding carboxylic acids is 1. The van der Waals surface area contributed by atoms with E-state index in [1.807, 2.05) is 6.92 Å². The lowest BCUT2D eigenvalue weighted by Crippen LogP contribution is -2.10. The zero-order chi connectivity index (χ0) is 15.1. The van der Waals surface area contributed by atoms with Crippen LogP contribution in [-0.4, -0.2) is 31.7 Å². The molecule has 0 saturated carbocycles. The van der Waals surface area contributed by atoms with Crippen LogP contribution < -0.4 is 9.47 Å². The van der Waals surface area contributed by atoms with Crippen molar-refractivity contribution in [3.8, 4) is 11.5 Å². The normalized spacial score (nSPS) is 9.95. The number of nitro groups is 1. The zero-order valence-corrected chi connectivity index (χ0v) is 11.7. The van der Waals surface area contributed by atoms with E-state index in [0.717, 1.165) is 12.5 Å². The molecule has 0 unspecified atom stereocenters. The molecule has 0 radical (unpaired) electrons. The average molecular weight is 283 g/mol. The summed E-state index contributed by atoms with van der Waals surface area (Å²) in [6.07, 6.45) is 1.56. The lowest BCUT2D eigenvalue weighted by Gasteiger charge is -2.10. The SMILES string of the molecule is CCCCOC(=O)c1cc(OC)c(OC)cc1[N+](=O)[O-]. The fourth-order valence-electron chi connectivity index (χ4n) is 1.57. The molecule has 0 saturated heterocycles. The Labute approximate surface area is 116 Å². The second kappa shape index (κ2) is 7.32. The van der Waals surface area contributed by atoms with Gasteiger partial charge < -0.3 is 14.2 Å². The van der Waals surface area contributed by atoms with Gasteiger partial charge in [-0.25, -0.2) is 4.79 Å². The molecule has 110 valence electrons. The third-order valence-electron chi connectivity index (χ3n) is 2.65. The van der Waals surface area contributed by atoms with Gasteiger partial charge >= 0.3 is 5.97 Å². The van der Waals surface area contributed by atoms with E-state index in [9.17, 15) is 14.9 Å². The Morgan fingerprint density at radius 1 is 1.25 bits per heavy atom. The summed E-state index contributed by atoms with van der Waals surface area (Å²) in [6, 6.07) is 2.40. The van der Waals surface area contributed by atoms with Crippen molar-refractivity contribution in [1.82, 2.24) is 0 Å². The van der Waals surface area contributed by atoms with Crippen LogP contribution in [0.1, 0.15) is 30.1 Å². The molecule has 1 aromatic carbocycles. The maximum absolute atomic E-state index is 11.9. The number of esters is 1. The van der Waals surface area contributed by atoms with Crippen molar-refractivity contribution in [2.24, 2.45) is 0 Å². The molecule has 7 nitrogen and oxygen atoms in total. The van der Waals surface area contributed by atoms with Crippen molar-refractivity contribution in [1.29, 1.82) is 0 Å². The van der Waals surface area contributed by atoms with Crippen LogP contribution in [0.2, 0.25) is 0 Å². The van der Waals surface area contributed by atoms with E-state index < -0.39 is 10.9 Å². The van der Waals surface area contributed by atoms with E-state index in [0.29, 0.717) is 6.42 Å². The highest BCUT2D eigenvalue weighted by Gasteiger charge is 2.25. The van der Waals surface area contributed by atoms with Gasteiger partial charge in [0.05, 0.1) is 31.8 Å². The molecule has 0 aliphatic rings. The van der Waals surface area contributed by atoms with Crippen LogP contribution in [0.3, 0.4) is 0 Å². The van der Waals surface area contributed by atoms with Crippen molar-refractivity contribution in [3.05, 3.63) is 27.8 Å². The Hall–Kier alpha value is -2.31. The predicted octanol–water partition coefficient (Wildman–Crippen LogP) is 2.57. The van der Waals surface area contributed by atoms with Crippen LogP contribution in [0, 0.1) is 10.1 Å². The number of benzene rings is 1. The van der Waals surface area contributed by atoms with Gasteiger partial charge in [-0.05, 0) is 6.42 Å². The number of nitrogens with zero attached hydrogens (tertiary/aromatic N) is 1. The Bertz CT molecular complexity index is 500. The number of hydrogen-bond donors (Lipinski definition) is 0. The molecule has 0 aliphatic heterocycles. The minimum atomic E-state index is -0.744. The zero-order valence-electron chi connectivity index (χ0n) is 11.7. The Kier molecular flexibility index (Phi) is 5.76. The first-order chi connectivity index (χ1) is 9.54. The van der Waals surface area contributed by atoms with Crippen molar-refractivity contribution in [2.45, 2.75) is 19.8 Å². The highest BCUT2D eigenvalue weighted by atomic mass is 16.6. The number of ether oxygens (including phenoxy) is 3. The minimum Gasteiger partial charge on any atom is -0.493 e. The number of nitro benzene ring substituents is 1. The van der Waals surface area contributed by atoms with Gasteiger partial charge in [-0.15, -0.1) is 0 Å². The fourth-order valence-corrected chi connectivity index (χ4v) is 1.57. The highest BCUT2D eigenvalue weighted by Crippen LogP contribution is 2.34. The summed E-state index contributed by atoms with van der Waals surface area (Å²) < 4.78 is 15.0. The number of methoxy groups -OCH3 is 2. The molecule has 0 spiro atoms. The fraction of sp³-hybridized carbons (Fsp3) is 0.462. The standard InChI is InChI=1S/C13H17NO6/c1-4-5-6-20-13(15)9-7-11(18-2)12(19-3)8-10(9)14(16)17/h7-8H,4-6H2,1-3H3. The van der Waals surface area contributed by atoms with Crippen LogP contribution in [-0.2, 0) is 4.74 Å². The topological polar surface area (TPSA) is 87.9 Å². The molecular formula is C13H17NO6. The molecule has 0 aromatic heterocycles. The third-order valence-corrected chi connectivity index (χ3v) is 2.65. The summed E-state index contributed by atoms with van der Waals surface area (Å²) in [4.78, 5) is 22.3. The predicted molar refractivity (Wildman–Crippen MR) is 71.4 cm³/mol. The van der Waals surface area contributed by atoms with E-state index in [-0.39, 0.29) is 29.4 Å². The van der Waals surface area contributed by atoms with E-state index >= 15 is 0 Å². The van der Waals surface area contributed by atoms with Crippen molar-refractivity contribution < 1.29 is 23.9 Å². The lowest BCUT2D eigenvalue weighted by molar-refractivity contribution is -0.385. The number of unbranched alkanes of at least 4 members (excludes halogenated alkanes) is 1. The molecule has 20 heavy (non-hydrogen) atoms. The maximum Gasteiger partial charge on any atom is 0.345 e. The monoisotopic (exact) mass is 283 g/mol. The van der Waals surface area contributed by atoms with Crippen LogP contribution >= 0.6 is 0 Å². The summed E-state index contributed by atoms with van der Waals surface area (Å²) in [5.74, 6) is -0.323. The Morgan fingerprint density at radius 2 is 1.85 bits per heavy atom. The van der Waals surface area contributed by atoms with Crippen LogP contribution in [0.4, 0.5) is 5.69 Å². The molecule has 0 fully saturated rings. The smallest absolute Gasteiger partial charge is 0.345 e. The van der Waals surface area contributed by atoms with Gasteiger partial charge in [0.25, 0.3) is 5.69 Å². The summed E-state index contributed by atoms with van der Waals surface area (Å²) >= 11 is 0. The number of hydrogen-bond acceptors (Lipinski definition) is 6. The summed E-state index contributed by atoms with van der Waals surface area (Å²) in [5.41, 5.74) is -0.520. The van der Waals surface area contributed by atoms with Gasteiger partial charge in [-0.1, -0.05) is 13.3 Å². The van der Waals surface area contributed by atoms with E-state index in [1.165, 1.54) is 20.3 Å². The summed E-state index contributed by atoms with van der Waals surface area (Å²) in [7, 11) is 2.75. The Morgan fingerprint density at radius 3 is 2.35 bits per heavy atom. The van der Waals surface area contributed by atoms with E-state index in [4.69, 9.17) is 14.2 Å². The molecular weight excluding hydrogens is 266 g/mol. The van der Waals surface area contributed by atoms with E-state index in [2.05, 4.69) is 0 Å². The minimum absolute atomic E-state index is 0.149. The lowest BCUT2D eigenvalue weighted by atomic mass is 10.1. The first-order valence-electron chi connectivity index (χ1n) is 6.12. The number of rotatable bonds is 7.